The summed E-state index contributed by atoms with van der Waals surface area (Å²) in [7, 11) is 1.69. The molecule has 1 amide bonds. The van der Waals surface area contributed by atoms with Crippen LogP contribution in [-0.2, 0) is 6.54 Å². The zero-order valence-corrected chi connectivity index (χ0v) is 13.5. The zero-order valence-electron chi connectivity index (χ0n) is 12.0. The quantitative estimate of drug-likeness (QED) is 0.935. The minimum Gasteiger partial charge on any atom is -0.335 e. The molecule has 0 radical (unpaired) electrons. The predicted molar refractivity (Wildman–Crippen MR) is 82.7 cm³/mol. The minimum absolute atomic E-state index is 0.168. The molecule has 1 aromatic carbocycles. The second kappa shape index (κ2) is 6.45. The van der Waals surface area contributed by atoms with Crippen LogP contribution in [0.15, 0.2) is 18.2 Å². The smallest absolute Gasteiger partial charge is 0.293 e. The number of rotatable bonds is 4. The summed E-state index contributed by atoms with van der Waals surface area (Å²) in [6, 6.07) is 5.28. The van der Waals surface area contributed by atoms with Crippen LogP contribution in [0.3, 0.4) is 0 Å². The first-order valence-corrected chi connectivity index (χ1v) is 7.25. The molecule has 0 atom stereocenters. The van der Waals surface area contributed by atoms with Crippen molar-refractivity contribution in [3.63, 3.8) is 0 Å². The summed E-state index contributed by atoms with van der Waals surface area (Å²) in [6.45, 7) is 4.36. The summed E-state index contributed by atoms with van der Waals surface area (Å²) in [5.74, 6) is 0.811. The fraction of sp³-hybridized carbons (Fsp3) is 0.357. The highest BCUT2D eigenvalue weighted by atomic mass is 35.5. The fourth-order valence-corrected chi connectivity index (χ4v) is 2.10. The summed E-state index contributed by atoms with van der Waals surface area (Å²) in [5.41, 5.74) is 0.889. The number of halogens is 2. The van der Waals surface area contributed by atoms with Crippen LogP contribution < -0.4 is 0 Å². The Morgan fingerprint density at radius 3 is 2.62 bits per heavy atom. The lowest BCUT2D eigenvalue weighted by atomic mass is 10.2. The van der Waals surface area contributed by atoms with Crippen molar-refractivity contribution in [2.24, 2.45) is 0 Å². The largest absolute Gasteiger partial charge is 0.335 e. The molecule has 0 aliphatic carbocycles. The van der Waals surface area contributed by atoms with Crippen LogP contribution >= 0.6 is 23.2 Å². The van der Waals surface area contributed by atoms with Gasteiger partial charge in [-0.2, -0.15) is 0 Å². The van der Waals surface area contributed by atoms with Crippen LogP contribution in [0.5, 0.6) is 0 Å². The van der Waals surface area contributed by atoms with Gasteiger partial charge in [0.1, 0.15) is 5.82 Å². The third-order valence-corrected chi connectivity index (χ3v) is 3.73. The number of aromatic amines is 1. The van der Waals surface area contributed by atoms with Crippen molar-refractivity contribution in [1.82, 2.24) is 20.1 Å². The highest BCUT2D eigenvalue weighted by Crippen LogP contribution is 2.23. The van der Waals surface area contributed by atoms with Crippen molar-refractivity contribution < 1.29 is 4.79 Å². The van der Waals surface area contributed by atoms with E-state index in [1.165, 1.54) is 4.90 Å². The lowest BCUT2D eigenvalue weighted by Crippen LogP contribution is -2.27. The van der Waals surface area contributed by atoms with Gasteiger partial charge in [0.2, 0.25) is 5.82 Å². The third kappa shape index (κ3) is 3.74. The van der Waals surface area contributed by atoms with Gasteiger partial charge in [-0.05, 0) is 17.7 Å². The van der Waals surface area contributed by atoms with Crippen molar-refractivity contribution in [3.8, 4) is 0 Å². The van der Waals surface area contributed by atoms with E-state index >= 15 is 0 Å². The molecule has 0 fully saturated rings. The average molecular weight is 327 g/mol. The SMILES string of the molecule is CC(C)c1nc(C(=O)N(C)Cc2ccc(Cl)c(Cl)c2)n[nH]1. The van der Waals surface area contributed by atoms with Crippen molar-refractivity contribution in [1.29, 1.82) is 0 Å². The van der Waals surface area contributed by atoms with E-state index in [9.17, 15) is 4.79 Å². The molecule has 0 spiro atoms. The van der Waals surface area contributed by atoms with Crippen molar-refractivity contribution in [3.05, 3.63) is 45.5 Å². The number of carbonyl (C=O) groups is 1. The molecule has 1 N–H and O–H groups in total. The molecule has 0 aliphatic rings. The minimum atomic E-state index is -0.246. The Morgan fingerprint density at radius 2 is 2.05 bits per heavy atom. The van der Waals surface area contributed by atoms with Gasteiger partial charge in [0.25, 0.3) is 5.91 Å². The van der Waals surface area contributed by atoms with Crippen LogP contribution in [-0.4, -0.2) is 33.0 Å². The highest BCUT2D eigenvalue weighted by Gasteiger charge is 2.18. The number of benzene rings is 1. The normalized spacial score (nSPS) is 11.0. The lowest BCUT2D eigenvalue weighted by Gasteiger charge is -2.15. The van der Waals surface area contributed by atoms with Gasteiger partial charge in [-0.15, -0.1) is 5.10 Å². The maximum absolute atomic E-state index is 12.3. The molecule has 112 valence electrons. The van der Waals surface area contributed by atoms with Gasteiger partial charge in [0.05, 0.1) is 10.0 Å². The molecular formula is C14H16Cl2N4O. The number of hydrogen-bond acceptors (Lipinski definition) is 3. The number of nitrogens with one attached hydrogen (secondary N) is 1. The van der Waals surface area contributed by atoms with Gasteiger partial charge < -0.3 is 4.90 Å². The van der Waals surface area contributed by atoms with E-state index in [0.717, 1.165) is 5.56 Å². The maximum atomic E-state index is 12.3. The fourth-order valence-electron chi connectivity index (χ4n) is 1.78. The molecule has 0 saturated carbocycles. The molecule has 2 aromatic rings. The Hall–Kier alpha value is -1.59. The van der Waals surface area contributed by atoms with Crippen LogP contribution in [0.1, 0.15) is 41.8 Å². The first-order chi connectivity index (χ1) is 9.88. The van der Waals surface area contributed by atoms with E-state index in [0.29, 0.717) is 22.4 Å². The number of amides is 1. The number of nitrogens with zero attached hydrogens (tertiary/aromatic N) is 3. The molecule has 0 saturated heterocycles. The molecule has 0 aliphatic heterocycles. The van der Waals surface area contributed by atoms with Crippen molar-refractivity contribution >= 4 is 29.1 Å². The van der Waals surface area contributed by atoms with Gasteiger partial charge in [-0.1, -0.05) is 43.1 Å². The standard InChI is InChI=1S/C14H16Cl2N4O/c1-8(2)12-17-13(19-18-12)14(21)20(3)7-9-4-5-10(15)11(16)6-9/h4-6,8H,7H2,1-3H3,(H,17,18,19). The van der Waals surface area contributed by atoms with E-state index in [4.69, 9.17) is 23.2 Å². The van der Waals surface area contributed by atoms with Crippen LogP contribution in [0.25, 0.3) is 0 Å². The molecule has 21 heavy (non-hydrogen) atoms. The van der Waals surface area contributed by atoms with Gasteiger partial charge in [0, 0.05) is 19.5 Å². The highest BCUT2D eigenvalue weighted by molar-refractivity contribution is 6.42. The van der Waals surface area contributed by atoms with Crippen LogP contribution in [0.4, 0.5) is 0 Å². The summed E-state index contributed by atoms with van der Waals surface area (Å²) < 4.78 is 0. The number of hydrogen-bond donors (Lipinski definition) is 1. The zero-order chi connectivity index (χ0) is 15.6. The average Bonchev–Trinajstić information content (AvgIpc) is 2.92. The molecule has 7 heteroatoms. The Balaban J connectivity index is 2.09. The summed E-state index contributed by atoms with van der Waals surface area (Å²) in [4.78, 5) is 18.0. The molecule has 0 unspecified atom stereocenters. The van der Waals surface area contributed by atoms with E-state index in [1.54, 1.807) is 19.2 Å². The van der Waals surface area contributed by atoms with E-state index in [2.05, 4.69) is 15.2 Å². The van der Waals surface area contributed by atoms with E-state index < -0.39 is 0 Å². The summed E-state index contributed by atoms with van der Waals surface area (Å²) in [5, 5.41) is 7.69. The molecule has 2 rings (SSSR count). The first-order valence-electron chi connectivity index (χ1n) is 6.50. The van der Waals surface area contributed by atoms with Crippen molar-refractivity contribution in [2.75, 3.05) is 7.05 Å². The Labute approximate surface area is 133 Å². The van der Waals surface area contributed by atoms with E-state index in [1.807, 2.05) is 19.9 Å². The summed E-state index contributed by atoms with van der Waals surface area (Å²) in [6.07, 6.45) is 0. The second-order valence-electron chi connectivity index (χ2n) is 5.11. The molecule has 1 aromatic heterocycles. The third-order valence-electron chi connectivity index (χ3n) is 2.99. The molecule has 1 heterocycles. The van der Waals surface area contributed by atoms with Gasteiger partial charge in [-0.3, -0.25) is 9.89 Å². The van der Waals surface area contributed by atoms with Crippen molar-refractivity contribution in [2.45, 2.75) is 26.3 Å². The first kappa shape index (κ1) is 15.8. The topological polar surface area (TPSA) is 61.9 Å². The Kier molecular flexibility index (Phi) is 4.85. The molecule has 5 nitrogen and oxygen atoms in total. The number of aromatic nitrogens is 3. The monoisotopic (exact) mass is 326 g/mol. The Bertz CT molecular complexity index is 654. The van der Waals surface area contributed by atoms with Gasteiger partial charge in [0.15, 0.2) is 0 Å². The van der Waals surface area contributed by atoms with Crippen LogP contribution in [0.2, 0.25) is 10.0 Å². The molecule has 0 bridgehead atoms. The van der Waals surface area contributed by atoms with Gasteiger partial charge >= 0.3 is 0 Å². The second-order valence-corrected chi connectivity index (χ2v) is 5.92. The summed E-state index contributed by atoms with van der Waals surface area (Å²) >= 11 is 11.8. The maximum Gasteiger partial charge on any atom is 0.293 e. The van der Waals surface area contributed by atoms with Gasteiger partial charge in [-0.25, -0.2) is 4.98 Å². The Morgan fingerprint density at radius 1 is 1.33 bits per heavy atom. The number of H-pyrrole nitrogens is 1. The van der Waals surface area contributed by atoms with Crippen LogP contribution in [0, 0.1) is 0 Å². The van der Waals surface area contributed by atoms with E-state index in [-0.39, 0.29) is 17.6 Å². The molecular weight excluding hydrogens is 311 g/mol. The predicted octanol–water partition coefficient (Wildman–Crippen LogP) is 3.51. The lowest BCUT2D eigenvalue weighted by molar-refractivity contribution is 0.0773. The number of carbonyl (C=O) groups excluding carboxylic acids is 1.